The number of hydrogen-bond acceptors (Lipinski definition) is 4. The van der Waals surface area contributed by atoms with Crippen LogP contribution in [0.4, 0.5) is 0 Å². The van der Waals surface area contributed by atoms with Gasteiger partial charge in [0, 0.05) is 36.4 Å². The zero-order chi connectivity index (χ0) is 18.3. The molecule has 130 valence electrons. The van der Waals surface area contributed by atoms with E-state index >= 15 is 0 Å². The third-order valence-corrected chi connectivity index (χ3v) is 4.37. The number of esters is 1. The Morgan fingerprint density at radius 2 is 2.00 bits per heavy atom. The van der Waals surface area contributed by atoms with E-state index in [4.69, 9.17) is 16.3 Å². The first-order valence-electron chi connectivity index (χ1n) is 7.92. The average Bonchev–Trinajstić information content (AvgIpc) is 2.98. The minimum Gasteiger partial charge on any atom is -0.456 e. The first kappa shape index (κ1) is 16.4. The van der Waals surface area contributed by atoms with Gasteiger partial charge in [-0.15, -0.1) is 0 Å². The second kappa shape index (κ2) is 6.31. The van der Waals surface area contributed by atoms with Crippen LogP contribution in [0.1, 0.15) is 16.1 Å². The molecule has 0 aliphatic rings. The molecule has 0 spiro atoms. The van der Waals surface area contributed by atoms with Gasteiger partial charge in [-0.3, -0.25) is 9.20 Å². The summed E-state index contributed by atoms with van der Waals surface area (Å²) in [5.41, 5.74) is 1.96. The maximum absolute atomic E-state index is 12.5. The SMILES string of the molecule is Cn1cc(C(=O)OCc2cc(=O)n3cc(Cl)ccc3n2)c2ccccc21. The van der Waals surface area contributed by atoms with Crippen molar-refractivity contribution in [2.24, 2.45) is 7.05 Å². The number of aromatic nitrogens is 3. The predicted molar refractivity (Wildman–Crippen MR) is 98.5 cm³/mol. The number of nitrogens with zero attached hydrogens (tertiary/aromatic N) is 3. The smallest absolute Gasteiger partial charge is 0.340 e. The predicted octanol–water partition coefficient (Wildman–Crippen LogP) is 3.20. The molecule has 3 heterocycles. The lowest BCUT2D eigenvalue weighted by atomic mass is 10.2. The van der Waals surface area contributed by atoms with Gasteiger partial charge in [-0.05, 0) is 18.2 Å². The maximum atomic E-state index is 12.5. The van der Waals surface area contributed by atoms with Gasteiger partial charge in [-0.25, -0.2) is 9.78 Å². The van der Waals surface area contributed by atoms with Gasteiger partial charge in [0.2, 0.25) is 0 Å². The van der Waals surface area contributed by atoms with Gasteiger partial charge in [0.1, 0.15) is 12.3 Å². The van der Waals surface area contributed by atoms with Crippen molar-refractivity contribution in [3.63, 3.8) is 0 Å². The molecule has 0 bridgehead atoms. The van der Waals surface area contributed by atoms with E-state index in [2.05, 4.69) is 4.98 Å². The second-order valence-corrected chi connectivity index (χ2v) is 6.34. The van der Waals surface area contributed by atoms with Crippen molar-refractivity contribution in [3.05, 3.63) is 81.5 Å². The van der Waals surface area contributed by atoms with Crippen molar-refractivity contribution in [1.29, 1.82) is 0 Å². The van der Waals surface area contributed by atoms with E-state index in [0.717, 1.165) is 10.9 Å². The Morgan fingerprint density at radius 3 is 2.85 bits per heavy atom. The third-order valence-electron chi connectivity index (χ3n) is 4.14. The molecule has 0 aliphatic carbocycles. The molecule has 0 saturated carbocycles. The molecule has 0 amide bonds. The zero-order valence-corrected chi connectivity index (χ0v) is 14.6. The first-order valence-corrected chi connectivity index (χ1v) is 8.30. The summed E-state index contributed by atoms with van der Waals surface area (Å²) in [5, 5.41) is 1.26. The van der Waals surface area contributed by atoms with Crippen molar-refractivity contribution >= 4 is 34.1 Å². The highest BCUT2D eigenvalue weighted by Crippen LogP contribution is 2.21. The van der Waals surface area contributed by atoms with Crippen LogP contribution in [0.5, 0.6) is 0 Å². The van der Waals surface area contributed by atoms with Crippen molar-refractivity contribution < 1.29 is 9.53 Å². The van der Waals surface area contributed by atoms with Crippen LogP contribution < -0.4 is 5.56 Å². The van der Waals surface area contributed by atoms with Gasteiger partial charge >= 0.3 is 5.97 Å². The van der Waals surface area contributed by atoms with E-state index in [9.17, 15) is 9.59 Å². The van der Waals surface area contributed by atoms with Gasteiger partial charge < -0.3 is 9.30 Å². The largest absolute Gasteiger partial charge is 0.456 e. The lowest BCUT2D eigenvalue weighted by molar-refractivity contribution is 0.0470. The number of rotatable bonds is 3. The standard InChI is InChI=1S/C19H14ClN3O3/c1-22-10-15(14-4-2-3-5-16(14)22)19(25)26-11-13-8-18(24)23-9-12(20)6-7-17(23)21-13/h2-10H,11H2,1H3. The molecule has 0 unspecified atom stereocenters. The quantitative estimate of drug-likeness (QED) is 0.521. The van der Waals surface area contributed by atoms with Crippen molar-refractivity contribution in [2.45, 2.75) is 6.61 Å². The number of pyridine rings is 1. The average molecular weight is 368 g/mol. The van der Waals surface area contributed by atoms with Gasteiger partial charge in [-0.2, -0.15) is 0 Å². The first-order chi connectivity index (χ1) is 12.5. The zero-order valence-electron chi connectivity index (χ0n) is 13.8. The van der Waals surface area contributed by atoms with E-state index in [1.165, 1.54) is 16.7 Å². The normalized spacial score (nSPS) is 11.2. The maximum Gasteiger partial charge on any atom is 0.340 e. The third kappa shape index (κ3) is 2.84. The molecule has 4 rings (SSSR count). The summed E-state index contributed by atoms with van der Waals surface area (Å²) in [6.07, 6.45) is 3.23. The molecule has 26 heavy (non-hydrogen) atoms. The van der Waals surface area contributed by atoms with Crippen LogP contribution in [-0.2, 0) is 18.4 Å². The molecule has 0 fully saturated rings. The molecular weight excluding hydrogens is 354 g/mol. The number of carbonyl (C=O) groups is 1. The number of carbonyl (C=O) groups excluding carboxylic acids is 1. The molecule has 0 N–H and O–H groups in total. The Balaban J connectivity index is 1.60. The van der Waals surface area contributed by atoms with Crippen LogP contribution in [0.15, 0.2) is 59.7 Å². The number of halogens is 1. The Kier molecular flexibility index (Phi) is 3.97. The Labute approximate surface area is 153 Å². The highest BCUT2D eigenvalue weighted by molar-refractivity contribution is 6.30. The van der Waals surface area contributed by atoms with Gasteiger partial charge in [0.15, 0.2) is 0 Å². The molecule has 0 atom stereocenters. The van der Waals surface area contributed by atoms with Crippen LogP contribution in [-0.4, -0.2) is 19.9 Å². The summed E-state index contributed by atoms with van der Waals surface area (Å²) < 4.78 is 8.59. The lowest BCUT2D eigenvalue weighted by Crippen LogP contribution is -2.16. The second-order valence-electron chi connectivity index (χ2n) is 5.91. The van der Waals surface area contributed by atoms with E-state index in [1.54, 1.807) is 18.3 Å². The Bertz CT molecular complexity index is 1210. The number of para-hydroxylation sites is 1. The molecule has 6 nitrogen and oxygen atoms in total. The molecule has 1 aromatic carbocycles. The van der Waals surface area contributed by atoms with E-state index < -0.39 is 5.97 Å². The van der Waals surface area contributed by atoms with Crippen molar-refractivity contribution in [3.8, 4) is 0 Å². The van der Waals surface area contributed by atoms with Crippen molar-refractivity contribution in [1.82, 2.24) is 14.0 Å². The van der Waals surface area contributed by atoms with Crippen LogP contribution in [0.2, 0.25) is 5.02 Å². The van der Waals surface area contributed by atoms with E-state index in [0.29, 0.717) is 21.9 Å². The summed E-state index contributed by atoms with van der Waals surface area (Å²) in [4.78, 5) is 29.0. The fourth-order valence-corrected chi connectivity index (χ4v) is 3.08. The fraction of sp³-hybridized carbons (Fsp3) is 0.105. The highest BCUT2D eigenvalue weighted by atomic mass is 35.5. The number of hydrogen-bond donors (Lipinski definition) is 0. The minimum atomic E-state index is -0.458. The van der Waals surface area contributed by atoms with Gasteiger partial charge in [-0.1, -0.05) is 29.8 Å². The van der Waals surface area contributed by atoms with Gasteiger partial charge in [0.05, 0.1) is 16.3 Å². The Hall–Kier alpha value is -3.12. The molecule has 0 aliphatic heterocycles. The molecule has 4 aromatic rings. The number of aryl methyl sites for hydroxylation is 1. The van der Waals surface area contributed by atoms with Crippen LogP contribution >= 0.6 is 11.6 Å². The molecule has 7 heteroatoms. The summed E-state index contributed by atoms with van der Waals surface area (Å²) in [6, 6.07) is 12.2. The molecular formula is C19H14ClN3O3. The fourth-order valence-electron chi connectivity index (χ4n) is 2.92. The monoisotopic (exact) mass is 367 g/mol. The van der Waals surface area contributed by atoms with Crippen LogP contribution in [0, 0.1) is 0 Å². The summed E-state index contributed by atoms with van der Waals surface area (Å²) in [5.74, 6) is -0.458. The van der Waals surface area contributed by atoms with Crippen LogP contribution in [0.25, 0.3) is 16.6 Å². The summed E-state index contributed by atoms with van der Waals surface area (Å²) >= 11 is 5.89. The minimum absolute atomic E-state index is 0.0869. The van der Waals surface area contributed by atoms with Crippen LogP contribution in [0.3, 0.4) is 0 Å². The highest BCUT2D eigenvalue weighted by Gasteiger charge is 2.15. The Morgan fingerprint density at radius 1 is 1.19 bits per heavy atom. The topological polar surface area (TPSA) is 65.6 Å². The number of ether oxygens (including phenoxy) is 1. The molecule has 3 aromatic heterocycles. The van der Waals surface area contributed by atoms with E-state index in [1.807, 2.05) is 35.9 Å². The van der Waals surface area contributed by atoms with Gasteiger partial charge in [0.25, 0.3) is 5.56 Å². The summed E-state index contributed by atoms with van der Waals surface area (Å²) in [6.45, 7) is -0.0869. The molecule has 0 saturated heterocycles. The number of benzene rings is 1. The molecule has 0 radical (unpaired) electrons. The summed E-state index contributed by atoms with van der Waals surface area (Å²) in [7, 11) is 1.87. The van der Waals surface area contributed by atoms with E-state index in [-0.39, 0.29) is 12.2 Å². The lowest BCUT2D eigenvalue weighted by Gasteiger charge is -2.06. The van der Waals surface area contributed by atoms with Crippen molar-refractivity contribution in [2.75, 3.05) is 0 Å². The number of fused-ring (bicyclic) bond motifs is 2.